The van der Waals surface area contributed by atoms with Crippen molar-refractivity contribution in [2.45, 2.75) is 13.2 Å². The second kappa shape index (κ2) is 13.7. The van der Waals surface area contributed by atoms with Crippen molar-refractivity contribution >= 4 is 72.7 Å². The van der Waals surface area contributed by atoms with E-state index >= 15 is 0 Å². The van der Waals surface area contributed by atoms with Crippen LogP contribution in [0.4, 0.5) is 5.69 Å². The summed E-state index contributed by atoms with van der Waals surface area (Å²) in [6.45, 7) is 0.645. The van der Waals surface area contributed by atoms with E-state index in [2.05, 4.69) is 37.2 Å². The van der Waals surface area contributed by atoms with Crippen LogP contribution in [0.15, 0.2) is 99.4 Å². The van der Waals surface area contributed by atoms with Crippen LogP contribution < -0.4 is 14.8 Å². The first-order valence-electron chi connectivity index (χ1n) is 11.6. The lowest BCUT2D eigenvalue weighted by Crippen LogP contribution is -2.13. The molecule has 0 saturated carbocycles. The van der Waals surface area contributed by atoms with Gasteiger partial charge in [-0.3, -0.25) is 4.79 Å². The molecule has 0 fully saturated rings. The van der Waals surface area contributed by atoms with Crippen LogP contribution in [0.2, 0.25) is 10.0 Å². The van der Waals surface area contributed by atoms with Crippen molar-refractivity contribution in [3.63, 3.8) is 0 Å². The Kier molecular flexibility index (Phi) is 10.1. The summed E-state index contributed by atoms with van der Waals surface area (Å²) < 4.78 is 13.5. The number of nitrogens with one attached hydrogen (secondary N) is 1. The van der Waals surface area contributed by atoms with Gasteiger partial charge >= 0.3 is 0 Å². The summed E-state index contributed by atoms with van der Waals surface area (Å²) in [5.41, 5.74) is 2.87. The Labute approximate surface area is 253 Å². The lowest BCUT2D eigenvalue weighted by Gasteiger charge is -2.11. The third-order valence-corrected chi connectivity index (χ3v) is 7.21. The Bertz CT molecular complexity index is 1550. The SMILES string of the molecule is N#C/C(=C\c1cc(Br)ccc1OCc1ccc(Cl)c(Cl)c1)C(=O)Nc1ccc(OCc2ccc(Br)cc2)cc1. The number of hydrogen-bond donors (Lipinski definition) is 1. The second-order valence-electron chi connectivity index (χ2n) is 8.28. The molecule has 1 amide bonds. The monoisotopic (exact) mass is 684 g/mol. The number of hydrogen-bond acceptors (Lipinski definition) is 4. The molecular weight excluding hydrogens is 667 g/mol. The maximum absolute atomic E-state index is 12.9. The first-order chi connectivity index (χ1) is 18.8. The summed E-state index contributed by atoms with van der Waals surface area (Å²) in [6, 6.07) is 27.4. The minimum absolute atomic E-state index is 0.0805. The molecular formula is C30H20Br2Cl2N2O3. The van der Waals surface area contributed by atoms with Gasteiger partial charge in [-0.05, 0) is 83.9 Å². The number of benzene rings is 4. The molecule has 0 saturated heterocycles. The minimum atomic E-state index is -0.545. The number of rotatable bonds is 9. The van der Waals surface area contributed by atoms with Gasteiger partial charge in [0.05, 0.1) is 10.0 Å². The highest BCUT2D eigenvalue weighted by Crippen LogP contribution is 2.28. The van der Waals surface area contributed by atoms with Gasteiger partial charge in [0.2, 0.25) is 0 Å². The van der Waals surface area contributed by atoms with E-state index in [4.69, 9.17) is 32.7 Å². The first kappa shape index (κ1) is 28.7. The van der Waals surface area contributed by atoms with Crippen LogP contribution in [-0.4, -0.2) is 5.91 Å². The van der Waals surface area contributed by atoms with Crippen molar-refractivity contribution in [1.29, 1.82) is 5.26 Å². The van der Waals surface area contributed by atoms with E-state index in [1.54, 1.807) is 48.5 Å². The van der Waals surface area contributed by atoms with Crippen molar-refractivity contribution in [3.05, 3.63) is 126 Å². The van der Waals surface area contributed by atoms with Gasteiger partial charge in [-0.1, -0.05) is 73.3 Å². The summed E-state index contributed by atoms with van der Waals surface area (Å²) in [6.07, 6.45) is 1.49. The molecule has 0 atom stereocenters. The number of nitrogens with zero attached hydrogens (tertiary/aromatic N) is 1. The molecule has 4 rings (SSSR count). The van der Waals surface area contributed by atoms with Gasteiger partial charge in [0, 0.05) is 20.2 Å². The van der Waals surface area contributed by atoms with Crippen LogP contribution >= 0.6 is 55.1 Å². The molecule has 0 spiro atoms. The summed E-state index contributed by atoms with van der Waals surface area (Å²) in [5.74, 6) is 0.610. The third-order valence-electron chi connectivity index (χ3n) is 5.45. The van der Waals surface area contributed by atoms with Gasteiger partial charge in [0.1, 0.15) is 36.4 Å². The normalized spacial score (nSPS) is 11.0. The fourth-order valence-electron chi connectivity index (χ4n) is 3.44. The smallest absolute Gasteiger partial charge is 0.266 e. The van der Waals surface area contributed by atoms with Crippen molar-refractivity contribution in [3.8, 4) is 17.6 Å². The standard InChI is InChI=1S/C30H20Br2Cl2N2O3/c31-23-4-1-19(2-5-23)17-38-26-9-7-25(8-10-26)36-30(37)22(16-35)14-21-15-24(32)6-12-29(21)39-18-20-3-11-27(33)28(34)13-20/h1-15H,17-18H2,(H,36,37)/b22-14+. The predicted octanol–water partition coefficient (Wildman–Crippen LogP) is 9.22. The molecule has 4 aromatic rings. The van der Waals surface area contributed by atoms with Gasteiger partial charge in [0.15, 0.2) is 0 Å². The van der Waals surface area contributed by atoms with E-state index in [1.165, 1.54) is 6.08 Å². The molecule has 0 heterocycles. The number of ether oxygens (including phenoxy) is 2. The summed E-state index contributed by atoms with van der Waals surface area (Å²) in [7, 11) is 0. The molecule has 0 bridgehead atoms. The Morgan fingerprint density at radius 2 is 1.49 bits per heavy atom. The van der Waals surface area contributed by atoms with Crippen LogP contribution in [0.3, 0.4) is 0 Å². The molecule has 0 radical (unpaired) electrons. The van der Waals surface area contributed by atoms with Gasteiger partial charge in [0.25, 0.3) is 5.91 Å². The zero-order valence-corrected chi connectivity index (χ0v) is 24.9. The van der Waals surface area contributed by atoms with E-state index in [9.17, 15) is 10.1 Å². The Hall–Kier alpha value is -3.28. The van der Waals surface area contributed by atoms with Crippen molar-refractivity contribution in [2.24, 2.45) is 0 Å². The summed E-state index contributed by atoms with van der Waals surface area (Å²) in [5, 5.41) is 13.4. The number of halogens is 4. The number of carbonyl (C=O) groups excluding carboxylic acids is 1. The van der Waals surface area contributed by atoms with Crippen LogP contribution in [0.5, 0.6) is 11.5 Å². The van der Waals surface area contributed by atoms with E-state index in [1.807, 2.05) is 42.5 Å². The van der Waals surface area contributed by atoms with E-state index in [0.717, 1.165) is 20.1 Å². The highest BCUT2D eigenvalue weighted by Gasteiger charge is 2.13. The van der Waals surface area contributed by atoms with Gasteiger partial charge < -0.3 is 14.8 Å². The number of anilines is 1. The Balaban J connectivity index is 1.42. The third kappa shape index (κ3) is 8.35. The maximum Gasteiger partial charge on any atom is 0.266 e. The fourth-order valence-corrected chi connectivity index (χ4v) is 4.40. The molecule has 0 aliphatic rings. The van der Waals surface area contributed by atoms with Crippen molar-refractivity contribution in [2.75, 3.05) is 5.32 Å². The van der Waals surface area contributed by atoms with Gasteiger partial charge in [-0.2, -0.15) is 5.26 Å². The van der Waals surface area contributed by atoms with Crippen LogP contribution in [-0.2, 0) is 18.0 Å². The molecule has 1 N–H and O–H groups in total. The molecule has 0 aromatic heterocycles. The van der Waals surface area contributed by atoms with Gasteiger partial charge in [-0.25, -0.2) is 0 Å². The maximum atomic E-state index is 12.9. The minimum Gasteiger partial charge on any atom is -0.489 e. The van der Waals surface area contributed by atoms with Crippen LogP contribution in [0.25, 0.3) is 6.08 Å². The van der Waals surface area contributed by atoms with Crippen LogP contribution in [0, 0.1) is 11.3 Å². The molecule has 9 heteroatoms. The molecule has 39 heavy (non-hydrogen) atoms. The Morgan fingerprint density at radius 3 is 2.18 bits per heavy atom. The van der Waals surface area contributed by atoms with Crippen molar-refractivity contribution in [1.82, 2.24) is 0 Å². The lowest BCUT2D eigenvalue weighted by molar-refractivity contribution is -0.112. The molecule has 5 nitrogen and oxygen atoms in total. The average Bonchev–Trinajstić information content (AvgIpc) is 2.93. The molecule has 0 aliphatic heterocycles. The molecule has 196 valence electrons. The van der Waals surface area contributed by atoms with E-state index in [0.29, 0.717) is 39.4 Å². The van der Waals surface area contributed by atoms with Gasteiger partial charge in [-0.15, -0.1) is 0 Å². The predicted molar refractivity (Wildman–Crippen MR) is 162 cm³/mol. The number of nitriles is 1. The van der Waals surface area contributed by atoms with E-state index < -0.39 is 5.91 Å². The number of amides is 1. The quantitative estimate of drug-likeness (QED) is 0.141. The first-order valence-corrected chi connectivity index (χ1v) is 13.9. The number of carbonyl (C=O) groups is 1. The fraction of sp³-hybridized carbons (Fsp3) is 0.0667. The average molecular weight is 687 g/mol. The topological polar surface area (TPSA) is 71.3 Å². The lowest BCUT2D eigenvalue weighted by atomic mass is 10.1. The highest BCUT2D eigenvalue weighted by molar-refractivity contribution is 9.10. The highest BCUT2D eigenvalue weighted by atomic mass is 79.9. The molecule has 4 aromatic carbocycles. The summed E-state index contributed by atoms with van der Waals surface area (Å²) >= 11 is 18.9. The van der Waals surface area contributed by atoms with Crippen molar-refractivity contribution < 1.29 is 14.3 Å². The largest absolute Gasteiger partial charge is 0.489 e. The zero-order chi connectivity index (χ0) is 27.8. The Morgan fingerprint density at radius 1 is 0.821 bits per heavy atom. The van der Waals surface area contributed by atoms with E-state index in [-0.39, 0.29) is 12.2 Å². The second-order valence-corrected chi connectivity index (χ2v) is 10.9. The zero-order valence-electron chi connectivity index (χ0n) is 20.3. The summed E-state index contributed by atoms with van der Waals surface area (Å²) in [4.78, 5) is 12.9. The molecule has 0 unspecified atom stereocenters. The van der Waals surface area contributed by atoms with Crippen LogP contribution in [0.1, 0.15) is 16.7 Å². The molecule has 0 aliphatic carbocycles.